The second-order valence-corrected chi connectivity index (χ2v) is 11.8. The molecule has 1 unspecified atom stereocenters. The lowest BCUT2D eigenvalue weighted by molar-refractivity contribution is -0.115. The molecule has 1 N–H and O–H groups in total. The molecule has 0 fully saturated rings. The summed E-state index contributed by atoms with van der Waals surface area (Å²) in [6, 6.07) is 16.0. The summed E-state index contributed by atoms with van der Waals surface area (Å²) in [5.41, 5.74) is 2.53. The highest BCUT2D eigenvalue weighted by atomic mass is 32.2. The van der Waals surface area contributed by atoms with E-state index >= 15 is 0 Å². The van der Waals surface area contributed by atoms with Gasteiger partial charge >= 0.3 is 0 Å². The first-order valence-electron chi connectivity index (χ1n) is 10.4. The van der Waals surface area contributed by atoms with Crippen LogP contribution >= 0.6 is 23.1 Å². The van der Waals surface area contributed by atoms with Crippen LogP contribution in [-0.2, 0) is 20.4 Å². The van der Waals surface area contributed by atoms with Crippen LogP contribution in [0.5, 0.6) is 0 Å². The van der Waals surface area contributed by atoms with Crippen molar-refractivity contribution in [2.24, 2.45) is 0 Å². The van der Waals surface area contributed by atoms with Crippen molar-refractivity contribution >= 4 is 44.0 Å². The third-order valence-electron chi connectivity index (χ3n) is 4.91. The number of nitrogens with one attached hydrogen (secondary N) is 1. The van der Waals surface area contributed by atoms with Gasteiger partial charge in [-0.1, -0.05) is 47.7 Å². The number of aromatic nitrogens is 4. The molecule has 0 aliphatic heterocycles. The maximum atomic E-state index is 13.1. The summed E-state index contributed by atoms with van der Waals surface area (Å²) in [5, 5.41) is 13.5. The standard InChI is InChI=1S/C23H23N5O3S3/c1-15-9-11-19(12-10-15)34(30,31)14-20-26-27-23(28(20)18-7-5-4-6-8-18)33-17(3)21(29)25-22-24-16(2)13-32-22/h4-13,17H,14H2,1-3H3,(H,24,25,29). The Hall–Kier alpha value is -3.02. The highest BCUT2D eigenvalue weighted by molar-refractivity contribution is 8.00. The van der Waals surface area contributed by atoms with Crippen LogP contribution in [0.15, 0.2) is 70.0 Å². The Morgan fingerprint density at radius 2 is 1.79 bits per heavy atom. The number of hydrogen-bond acceptors (Lipinski definition) is 8. The van der Waals surface area contributed by atoms with Gasteiger partial charge in [-0.25, -0.2) is 13.4 Å². The Morgan fingerprint density at radius 1 is 1.09 bits per heavy atom. The van der Waals surface area contributed by atoms with E-state index in [1.165, 1.54) is 23.1 Å². The van der Waals surface area contributed by atoms with Crippen molar-refractivity contribution in [2.75, 3.05) is 5.32 Å². The second-order valence-electron chi connectivity index (χ2n) is 7.69. The fourth-order valence-electron chi connectivity index (χ4n) is 3.14. The molecule has 0 spiro atoms. The molecule has 8 nitrogen and oxygen atoms in total. The lowest BCUT2D eigenvalue weighted by atomic mass is 10.2. The van der Waals surface area contributed by atoms with Crippen molar-refractivity contribution in [3.8, 4) is 5.69 Å². The first kappa shape index (κ1) is 24.1. The fourth-order valence-corrected chi connectivity index (χ4v) is 5.96. The minimum Gasteiger partial charge on any atom is -0.301 e. The molecule has 4 rings (SSSR count). The Morgan fingerprint density at radius 3 is 2.44 bits per heavy atom. The summed E-state index contributed by atoms with van der Waals surface area (Å²) in [5.74, 6) is -0.273. The molecule has 0 saturated carbocycles. The Balaban J connectivity index is 1.62. The molecule has 2 aromatic heterocycles. The normalized spacial score (nSPS) is 12.4. The molecule has 2 heterocycles. The number of carbonyl (C=O) groups excluding carboxylic acids is 1. The number of anilines is 1. The topological polar surface area (TPSA) is 107 Å². The number of rotatable bonds is 8. The van der Waals surface area contributed by atoms with Crippen LogP contribution in [0.25, 0.3) is 5.69 Å². The number of carbonyl (C=O) groups is 1. The number of para-hydroxylation sites is 1. The van der Waals surface area contributed by atoms with Crippen LogP contribution in [0.3, 0.4) is 0 Å². The lowest BCUT2D eigenvalue weighted by Crippen LogP contribution is -2.23. The predicted molar refractivity (Wildman–Crippen MR) is 134 cm³/mol. The smallest absolute Gasteiger partial charge is 0.239 e. The highest BCUT2D eigenvalue weighted by Gasteiger charge is 2.25. The zero-order chi connectivity index (χ0) is 24.3. The van der Waals surface area contributed by atoms with Crippen LogP contribution < -0.4 is 5.32 Å². The van der Waals surface area contributed by atoms with E-state index in [2.05, 4.69) is 20.5 Å². The quantitative estimate of drug-likeness (QED) is 0.347. The van der Waals surface area contributed by atoms with Crippen molar-refractivity contribution in [3.63, 3.8) is 0 Å². The van der Waals surface area contributed by atoms with Crippen LogP contribution in [0.1, 0.15) is 24.0 Å². The molecule has 1 atom stereocenters. The van der Waals surface area contributed by atoms with Crippen molar-refractivity contribution in [2.45, 2.75) is 41.8 Å². The SMILES string of the molecule is Cc1ccc(S(=O)(=O)Cc2nnc(SC(C)C(=O)Nc3nc(C)cs3)n2-c2ccccc2)cc1. The number of aryl methyl sites for hydroxylation is 2. The van der Waals surface area contributed by atoms with Gasteiger partial charge in [0.2, 0.25) is 5.91 Å². The third-order valence-corrected chi connectivity index (χ3v) is 8.46. The van der Waals surface area contributed by atoms with Gasteiger partial charge in [-0.05, 0) is 45.0 Å². The van der Waals surface area contributed by atoms with Crippen LogP contribution in [0, 0.1) is 13.8 Å². The summed E-state index contributed by atoms with van der Waals surface area (Å²) in [4.78, 5) is 17.2. The molecule has 176 valence electrons. The number of amides is 1. The Labute approximate surface area is 206 Å². The van der Waals surface area contributed by atoms with E-state index in [1.807, 2.05) is 49.6 Å². The number of thioether (sulfide) groups is 1. The largest absolute Gasteiger partial charge is 0.301 e. The maximum Gasteiger partial charge on any atom is 0.239 e. The molecule has 0 aliphatic carbocycles. The minimum atomic E-state index is -3.65. The minimum absolute atomic E-state index is 0.224. The Bertz CT molecular complexity index is 1400. The van der Waals surface area contributed by atoms with E-state index in [9.17, 15) is 13.2 Å². The molecular formula is C23H23N5O3S3. The molecule has 0 radical (unpaired) electrons. The van der Waals surface area contributed by atoms with Crippen molar-refractivity contribution in [1.29, 1.82) is 0 Å². The van der Waals surface area contributed by atoms with Gasteiger partial charge in [0.25, 0.3) is 0 Å². The molecule has 0 bridgehead atoms. The van der Waals surface area contributed by atoms with Gasteiger partial charge in [0, 0.05) is 11.1 Å². The molecule has 11 heteroatoms. The maximum absolute atomic E-state index is 13.1. The average Bonchev–Trinajstić information content (AvgIpc) is 3.39. The molecule has 4 aromatic rings. The molecule has 0 aliphatic rings. The number of benzene rings is 2. The van der Waals surface area contributed by atoms with Gasteiger partial charge in [0.1, 0.15) is 5.75 Å². The van der Waals surface area contributed by atoms with Crippen molar-refractivity contribution < 1.29 is 13.2 Å². The molecule has 2 aromatic carbocycles. The second kappa shape index (κ2) is 10.1. The highest BCUT2D eigenvalue weighted by Crippen LogP contribution is 2.28. The summed E-state index contributed by atoms with van der Waals surface area (Å²) < 4.78 is 27.9. The van der Waals surface area contributed by atoms with Gasteiger partial charge in [-0.15, -0.1) is 21.5 Å². The number of thiazole rings is 1. The predicted octanol–water partition coefficient (Wildman–Crippen LogP) is 4.43. The summed E-state index contributed by atoms with van der Waals surface area (Å²) in [6.07, 6.45) is 0. The first-order valence-corrected chi connectivity index (χ1v) is 13.8. The van der Waals surface area contributed by atoms with Gasteiger partial charge in [0.15, 0.2) is 25.9 Å². The van der Waals surface area contributed by atoms with Gasteiger partial charge in [0.05, 0.1) is 15.8 Å². The number of nitrogens with zero attached hydrogens (tertiary/aromatic N) is 4. The zero-order valence-corrected chi connectivity index (χ0v) is 21.2. The summed E-state index contributed by atoms with van der Waals surface area (Å²) in [6.45, 7) is 5.52. The van der Waals surface area contributed by atoms with E-state index in [0.717, 1.165) is 11.3 Å². The van der Waals surface area contributed by atoms with Gasteiger partial charge in [-0.3, -0.25) is 9.36 Å². The number of sulfone groups is 1. The van der Waals surface area contributed by atoms with Gasteiger partial charge in [-0.2, -0.15) is 0 Å². The van der Waals surface area contributed by atoms with E-state index in [1.54, 1.807) is 35.8 Å². The average molecular weight is 514 g/mol. The molecule has 0 saturated heterocycles. The van der Waals surface area contributed by atoms with E-state index in [4.69, 9.17) is 0 Å². The Kier molecular flexibility index (Phi) is 7.15. The summed E-state index contributed by atoms with van der Waals surface area (Å²) >= 11 is 2.56. The van der Waals surface area contributed by atoms with E-state index < -0.39 is 15.1 Å². The zero-order valence-electron chi connectivity index (χ0n) is 18.8. The van der Waals surface area contributed by atoms with Crippen LogP contribution in [-0.4, -0.2) is 39.3 Å². The number of hydrogen-bond donors (Lipinski definition) is 1. The fraction of sp³-hybridized carbons (Fsp3) is 0.217. The first-order chi connectivity index (χ1) is 16.2. The molecule has 34 heavy (non-hydrogen) atoms. The lowest BCUT2D eigenvalue weighted by Gasteiger charge is -2.13. The third kappa shape index (κ3) is 5.54. The van der Waals surface area contributed by atoms with Crippen molar-refractivity contribution in [3.05, 3.63) is 77.1 Å². The van der Waals surface area contributed by atoms with Crippen LogP contribution in [0.2, 0.25) is 0 Å². The molecule has 1 amide bonds. The van der Waals surface area contributed by atoms with Gasteiger partial charge < -0.3 is 5.32 Å². The van der Waals surface area contributed by atoms with E-state index in [-0.39, 0.29) is 22.4 Å². The van der Waals surface area contributed by atoms with Crippen molar-refractivity contribution in [1.82, 2.24) is 19.7 Å². The molecular weight excluding hydrogens is 490 g/mol. The van der Waals surface area contributed by atoms with Crippen LogP contribution in [0.4, 0.5) is 5.13 Å². The monoisotopic (exact) mass is 513 g/mol. The van der Waals surface area contributed by atoms with E-state index in [0.29, 0.717) is 16.0 Å². The summed E-state index contributed by atoms with van der Waals surface area (Å²) in [7, 11) is -3.65.